The maximum atomic E-state index is 11.7. The Labute approximate surface area is 114 Å². The zero-order valence-corrected chi connectivity index (χ0v) is 13.7. The molecule has 0 aromatic rings. The Hall–Kier alpha value is -0.100. The van der Waals surface area contributed by atoms with Gasteiger partial charge < -0.3 is 4.74 Å². The molecule has 0 aromatic heterocycles. The molecule has 0 spiro atoms. The first kappa shape index (κ1) is 17.9. The van der Waals surface area contributed by atoms with Crippen LogP contribution < -0.4 is 0 Å². The van der Waals surface area contributed by atoms with Gasteiger partial charge in [0, 0.05) is 0 Å². The first-order valence-corrected chi connectivity index (χ1v) is 10.4. The molecular weight excluding hydrogens is 243 g/mol. The average molecular weight is 275 g/mol. The zero-order valence-electron chi connectivity index (χ0n) is 12.8. The van der Waals surface area contributed by atoms with E-state index in [9.17, 15) is 4.79 Å². The maximum Gasteiger partial charge on any atom is 0.450 e. The molecule has 0 saturated heterocycles. The summed E-state index contributed by atoms with van der Waals surface area (Å²) in [7, 11) is -1.45. The van der Waals surface area contributed by atoms with Crippen molar-refractivity contribution in [3.63, 3.8) is 0 Å². The molecule has 0 radical (unpaired) electrons. The second-order valence-corrected chi connectivity index (χ2v) is 9.96. The van der Waals surface area contributed by atoms with Crippen molar-refractivity contribution >= 4 is 13.0 Å². The fraction of sp³-hybridized carbons (Fsp3) is 0.933. The molecule has 0 fully saturated rings. The summed E-state index contributed by atoms with van der Waals surface area (Å²) in [6.45, 7) is 9.06. The molecule has 0 aliphatic carbocycles. The van der Waals surface area contributed by atoms with Gasteiger partial charge in [-0.1, -0.05) is 51.9 Å². The lowest BCUT2D eigenvalue weighted by Gasteiger charge is -2.12. The average Bonchev–Trinajstić information content (AvgIpc) is 2.36. The molecule has 0 heterocycles. The van der Waals surface area contributed by atoms with E-state index in [1.807, 2.05) is 0 Å². The number of hydrogen-bond donors (Lipinski definition) is 0. The van der Waals surface area contributed by atoms with Crippen LogP contribution in [-0.4, -0.2) is 31.8 Å². The molecule has 18 heavy (non-hydrogen) atoms. The Morgan fingerprint density at radius 2 is 1.39 bits per heavy atom. The van der Waals surface area contributed by atoms with Crippen LogP contribution in [0.5, 0.6) is 0 Å². The lowest BCUT2D eigenvalue weighted by molar-refractivity contribution is 0.170. The van der Waals surface area contributed by atoms with E-state index in [4.69, 9.17) is 4.74 Å². The van der Waals surface area contributed by atoms with Gasteiger partial charge in [0.2, 0.25) is 0 Å². The van der Waals surface area contributed by atoms with Crippen molar-refractivity contribution in [3.8, 4) is 0 Å². The van der Waals surface area contributed by atoms with Gasteiger partial charge in [-0.25, -0.2) is 4.79 Å². The highest BCUT2D eigenvalue weighted by Crippen LogP contribution is 2.52. The molecule has 0 aliphatic rings. The van der Waals surface area contributed by atoms with Crippen LogP contribution >= 0.6 is 7.26 Å². The number of unbranched alkanes of at least 4 members (excludes halogenated alkanes) is 7. The quantitative estimate of drug-likeness (QED) is 0.364. The van der Waals surface area contributed by atoms with Crippen LogP contribution in [0.15, 0.2) is 0 Å². The smallest absolute Gasteiger partial charge is 0.436 e. The van der Waals surface area contributed by atoms with E-state index < -0.39 is 7.26 Å². The number of carbonyl (C=O) groups is 1. The van der Waals surface area contributed by atoms with Crippen LogP contribution in [0.25, 0.3) is 0 Å². The second-order valence-electron chi connectivity index (χ2n) is 5.59. The SMILES string of the molecule is CCCCCCCCCCOC(=O)[P+](C)(C)CC. The fourth-order valence-electron chi connectivity index (χ4n) is 1.70. The van der Waals surface area contributed by atoms with Gasteiger partial charge in [0.1, 0.15) is 7.26 Å². The molecule has 3 heteroatoms. The Morgan fingerprint density at radius 3 is 1.89 bits per heavy atom. The minimum Gasteiger partial charge on any atom is -0.436 e. The second kappa shape index (κ2) is 10.8. The van der Waals surface area contributed by atoms with E-state index in [2.05, 4.69) is 27.2 Å². The minimum atomic E-state index is -1.45. The molecule has 0 amide bonds. The van der Waals surface area contributed by atoms with Gasteiger partial charge in [0.25, 0.3) is 0 Å². The molecule has 0 atom stereocenters. The highest BCUT2D eigenvalue weighted by Gasteiger charge is 2.35. The van der Waals surface area contributed by atoms with Crippen LogP contribution in [-0.2, 0) is 4.74 Å². The van der Waals surface area contributed by atoms with Gasteiger partial charge in [-0.15, -0.1) is 0 Å². The van der Waals surface area contributed by atoms with Crippen molar-refractivity contribution in [2.75, 3.05) is 26.1 Å². The highest BCUT2D eigenvalue weighted by atomic mass is 31.2. The summed E-state index contributed by atoms with van der Waals surface area (Å²) >= 11 is 0. The number of hydrogen-bond acceptors (Lipinski definition) is 2. The third-order valence-electron chi connectivity index (χ3n) is 3.51. The van der Waals surface area contributed by atoms with E-state index >= 15 is 0 Å². The van der Waals surface area contributed by atoms with Crippen LogP contribution in [0.3, 0.4) is 0 Å². The summed E-state index contributed by atoms with van der Waals surface area (Å²) < 4.78 is 5.35. The van der Waals surface area contributed by atoms with Gasteiger partial charge in [-0.2, -0.15) is 0 Å². The van der Waals surface area contributed by atoms with Gasteiger partial charge in [0.15, 0.2) is 0 Å². The van der Waals surface area contributed by atoms with Crippen LogP contribution in [0.1, 0.15) is 65.2 Å². The molecule has 0 rings (SSSR count). The minimum absolute atomic E-state index is 0.0629. The van der Waals surface area contributed by atoms with Crippen LogP contribution in [0.2, 0.25) is 0 Å². The summed E-state index contributed by atoms with van der Waals surface area (Å²) in [5.41, 5.74) is 0.0629. The largest absolute Gasteiger partial charge is 0.450 e. The lowest BCUT2D eigenvalue weighted by Crippen LogP contribution is -2.10. The molecule has 0 unspecified atom stereocenters. The summed E-state index contributed by atoms with van der Waals surface area (Å²) in [4.78, 5) is 11.7. The van der Waals surface area contributed by atoms with Gasteiger partial charge in [-0.3, -0.25) is 0 Å². The Morgan fingerprint density at radius 1 is 0.889 bits per heavy atom. The predicted molar refractivity (Wildman–Crippen MR) is 83.3 cm³/mol. The molecule has 0 aromatic carbocycles. The molecule has 2 nitrogen and oxygen atoms in total. The van der Waals surface area contributed by atoms with Gasteiger partial charge >= 0.3 is 5.71 Å². The van der Waals surface area contributed by atoms with E-state index in [1.54, 1.807) is 0 Å². The monoisotopic (exact) mass is 275 g/mol. The summed E-state index contributed by atoms with van der Waals surface area (Å²) in [5.74, 6) is 0. The van der Waals surface area contributed by atoms with Crippen molar-refractivity contribution in [3.05, 3.63) is 0 Å². The first-order valence-electron chi connectivity index (χ1n) is 7.55. The molecule has 0 aliphatic heterocycles. The van der Waals surface area contributed by atoms with Crippen molar-refractivity contribution < 1.29 is 9.53 Å². The van der Waals surface area contributed by atoms with Gasteiger partial charge in [-0.05, 0) is 13.3 Å². The Bertz CT molecular complexity index is 215. The highest BCUT2D eigenvalue weighted by molar-refractivity contribution is 7.89. The van der Waals surface area contributed by atoms with Crippen molar-refractivity contribution in [1.29, 1.82) is 0 Å². The zero-order chi connectivity index (χ0) is 13.9. The Kier molecular flexibility index (Phi) is 10.7. The van der Waals surface area contributed by atoms with E-state index in [-0.39, 0.29) is 5.71 Å². The summed E-state index contributed by atoms with van der Waals surface area (Å²) in [5, 5.41) is 0. The maximum absolute atomic E-state index is 11.7. The summed E-state index contributed by atoms with van der Waals surface area (Å²) in [6, 6.07) is 0. The predicted octanol–water partition coefficient (Wildman–Crippen LogP) is 5.56. The molecule has 0 saturated carbocycles. The Balaban J connectivity index is 3.33. The third-order valence-corrected chi connectivity index (χ3v) is 6.21. The fourth-order valence-corrected chi connectivity index (χ4v) is 2.40. The van der Waals surface area contributed by atoms with E-state index in [0.717, 1.165) is 12.6 Å². The molecular formula is C15H32O2P+. The normalized spacial score (nSPS) is 11.6. The standard InChI is InChI=1S/C15H32O2P/c1-5-7-8-9-10-11-12-13-14-17-15(16)18(3,4)6-2/h5-14H2,1-4H3/q+1. The van der Waals surface area contributed by atoms with Gasteiger partial charge in [0.05, 0.1) is 26.1 Å². The third kappa shape index (κ3) is 8.91. The number of ether oxygens (including phenoxy) is 1. The number of carbonyl (C=O) groups excluding carboxylic acids is 1. The topological polar surface area (TPSA) is 26.3 Å². The van der Waals surface area contributed by atoms with Crippen molar-refractivity contribution in [1.82, 2.24) is 0 Å². The van der Waals surface area contributed by atoms with Crippen LogP contribution in [0.4, 0.5) is 4.79 Å². The molecule has 0 bridgehead atoms. The molecule has 0 N–H and O–H groups in total. The van der Waals surface area contributed by atoms with E-state index in [1.165, 1.54) is 44.9 Å². The van der Waals surface area contributed by atoms with Crippen molar-refractivity contribution in [2.24, 2.45) is 0 Å². The van der Waals surface area contributed by atoms with E-state index in [0.29, 0.717) is 6.61 Å². The molecule has 108 valence electrons. The lowest BCUT2D eigenvalue weighted by atomic mass is 10.1. The van der Waals surface area contributed by atoms with Crippen molar-refractivity contribution in [2.45, 2.75) is 65.2 Å². The number of rotatable bonds is 11. The summed E-state index contributed by atoms with van der Waals surface area (Å²) in [6.07, 6.45) is 11.2. The first-order chi connectivity index (χ1) is 8.54. The van der Waals surface area contributed by atoms with Crippen LogP contribution in [0, 0.1) is 0 Å².